The van der Waals surface area contributed by atoms with E-state index in [-0.39, 0.29) is 11.8 Å². The van der Waals surface area contributed by atoms with Crippen molar-refractivity contribution in [3.05, 3.63) is 36.0 Å². The van der Waals surface area contributed by atoms with E-state index < -0.39 is 12.0 Å². The van der Waals surface area contributed by atoms with E-state index in [1.54, 1.807) is 0 Å². The molecule has 2 unspecified atom stereocenters. The summed E-state index contributed by atoms with van der Waals surface area (Å²) in [7, 11) is 1.34. The van der Waals surface area contributed by atoms with Crippen LogP contribution in [0.4, 0.5) is 0 Å². The molecule has 0 saturated heterocycles. The Balaban J connectivity index is 2.16. The highest BCUT2D eigenvalue weighted by Crippen LogP contribution is 2.19. The third-order valence-electron chi connectivity index (χ3n) is 4.07. The molecule has 0 aliphatic heterocycles. The third kappa shape index (κ3) is 4.12. The lowest BCUT2D eigenvalue weighted by Gasteiger charge is -2.19. The third-order valence-corrected chi connectivity index (χ3v) is 4.07. The first-order valence-corrected chi connectivity index (χ1v) is 8.00. The summed E-state index contributed by atoms with van der Waals surface area (Å²) in [6.45, 7) is 3.91. The molecule has 1 heterocycles. The molecule has 23 heavy (non-hydrogen) atoms. The molecular weight excluding hydrogens is 292 g/mol. The average Bonchev–Trinajstić information content (AvgIpc) is 2.96. The SMILES string of the molecule is CCCC(C)C(=O)NC(Cc1c[nH]c2ccccc12)C(=O)OC. The van der Waals surface area contributed by atoms with Crippen molar-refractivity contribution in [1.82, 2.24) is 10.3 Å². The van der Waals surface area contributed by atoms with E-state index in [9.17, 15) is 9.59 Å². The van der Waals surface area contributed by atoms with Crippen molar-refractivity contribution in [2.75, 3.05) is 7.11 Å². The maximum atomic E-state index is 12.2. The van der Waals surface area contributed by atoms with Gasteiger partial charge in [0.05, 0.1) is 7.11 Å². The van der Waals surface area contributed by atoms with Gasteiger partial charge in [-0.3, -0.25) is 4.79 Å². The lowest BCUT2D eigenvalue weighted by atomic mass is 10.0. The minimum Gasteiger partial charge on any atom is -0.467 e. The summed E-state index contributed by atoms with van der Waals surface area (Å²) in [6.07, 6.45) is 4.01. The number of carbonyl (C=O) groups excluding carboxylic acids is 2. The Kier molecular flexibility index (Phi) is 5.79. The number of benzene rings is 1. The second-order valence-corrected chi connectivity index (χ2v) is 5.84. The smallest absolute Gasteiger partial charge is 0.328 e. The van der Waals surface area contributed by atoms with Gasteiger partial charge in [-0.05, 0) is 18.1 Å². The van der Waals surface area contributed by atoms with Crippen LogP contribution in [0.15, 0.2) is 30.5 Å². The van der Waals surface area contributed by atoms with Crippen molar-refractivity contribution < 1.29 is 14.3 Å². The lowest BCUT2D eigenvalue weighted by Crippen LogP contribution is -2.45. The highest BCUT2D eigenvalue weighted by atomic mass is 16.5. The molecule has 0 aliphatic carbocycles. The molecule has 2 rings (SSSR count). The largest absolute Gasteiger partial charge is 0.467 e. The molecule has 2 atom stereocenters. The molecule has 0 bridgehead atoms. The fourth-order valence-corrected chi connectivity index (χ4v) is 2.73. The molecule has 124 valence electrons. The Bertz CT molecular complexity index is 678. The summed E-state index contributed by atoms with van der Waals surface area (Å²) in [6, 6.07) is 7.21. The summed E-state index contributed by atoms with van der Waals surface area (Å²) in [5.41, 5.74) is 2.00. The van der Waals surface area contributed by atoms with Crippen LogP contribution in [-0.2, 0) is 20.7 Å². The number of H-pyrrole nitrogens is 1. The van der Waals surface area contributed by atoms with Gasteiger partial charge >= 0.3 is 5.97 Å². The monoisotopic (exact) mass is 316 g/mol. The van der Waals surface area contributed by atoms with Crippen LogP contribution in [0.5, 0.6) is 0 Å². The highest BCUT2D eigenvalue weighted by Gasteiger charge is 2.25. The van der Waals surface area contributed by atoms with Crippen LogP contribution >= 0.6 is 0 Å². The van der Waals surface area contributed by atoms with E-state index in [1.807, 2.05) is 44.3 Å². The predicted molar refractivity (Wildman–Crippen MR) is 90.0 cm³/mol. The molecule has 0 spiro atoms. The molecule has 1 amide bonds. The van der Waals surface area contributed by atoms with Crippen LogP contribution < -0.4 is 5.32 Å². The second-order valence-electron chi connectivity index (χ2n) is 5.84. The van der Waals surface area contributed by atoms with Crippen molar-refractivity contribution in [3.63, 3.8) is 0 Å². The van der Waals surface area contributed by atoms with Gasteiger partial charge in [-0.15, -0.1) is 0 Å². The van der Waals surface area contributed by atoms with Crippen LogP contribution in [0.2, 0.25) is 0 Å². The van der Waals surface area contributed by atoms with E-state index in [4.69, 9.17) is 4.74 Å². The fraction of sp³-hybridized carbons (Fsp3) is 0.444. The number of rotatable bonds is 7. The van der Waals surface area contributed by atoms with Gasteiger partial charge in [-0.2, -0.15) is 0 Å². The van der Waals surface area contributed by atoms with Gasteiger partial charge in [0, 0.05) is 29.4 Å². The molecular formula is C18H24N2O3. The summed E-state index contributed by atoms with van der Waals surface area (Å²) < 4.78 is 4.85. The molecule has 2 aromatic rings. The molecule has 0 saturated carbocycles. The van der Waals surface area contributed by atoms with Crippen molar-refractivity contribution in [2.24, 2.45) is 5.92 Å². The van der Waals surface area contributed by atoms with Crippen LogP contribution in [-0.4, -0.2) is 30.0 Å². The van der Waals surface area contributed by atoms with E-state index in [2.05, 4.69) is 10.3 Å². The van der Waals surface area contributed by atoms with Gasteiger partial charge < -0.3 is 15.0 Å². The van der Waals surface area contributed by atoms with E-state index in [0.29, 0.717) is 6.42 Å². The summed E-state index contributed by atoms with van der Waals surface area (Å²) in [5.74, 6) is -0.649. The van der Waals surface area contributed by atoms with Crippen LogP contribution in [0.3, 0.4) is 0 Å². The zero-order chi connectivity index (χ0) is 16.8. The van der Waals surface area contributed by atoms with Crippen molar-refractivity contribution in [2.45, 2.75) is 39.2 Å². The number of amides is 1. The number of methoxy groups -OCH3 is 1. The van der Waals surface area contributed by atoms with Gasteiger partial charge in [0.1, 0.15) is 6.04 Å². The number of hydrogen-bond acceptors (Lipinski definition) is 3. The molecule has 5 heteroatoms. The number of fused-ring (bicyclic) bond motifs is 1. The summed E-state index contributed by atoms with van der Waals surface area (Å²) in [4.78, 5) is 27.5. The maximum Gasteiger partial charge on any atom is 0.328 e. The molecule has 0 radical (unpaired) electrons. The first kappa shape index (κ1) is 17.1. The van der Waals surface area contributed by atoms with Crippen LogP contribution in [0.1, 0.15) is 32.3 Å². The van der Waals surface area contributed by atoms with Gasteiger partial charge in [-0.25, -0.2) is 4.79 Å². The number of ether oxygens (including phenoxy) is 1. The van der Waals surface area contributed by atoms with E-state index in [0.717, 1.165) is 29.3 Å². The zero-order valence-corrected chi connectivity index (χ0v) is 13.9. The minimum absolute atomic E-state index is 0.109. The Morgan fingerprint density at radius 1 is 1.30 bits per heavy atom. The fourth-order valence-electron chi connectivity index (χ4n) is 2.73. The number of hydrogen-bond donors (Lipinski definition) is 2. The number of aromatic nitrogens is 1. The lowest BCUT2D eigenvalue weighted by molar-refractivity contribution is -0.145. The van der Waals surface area contributed by atoms with Gasteiger partial charge in [-0.1, -0.05) is 38.5 Å². The van der Waals surface area contributed by atoms with Gasteiger partial charge in [0.15, 0.2) is 0 Å². The average molecular weight is 316 g/mol. The van der Waals surface area contributed by atoms with Crippen LogP contribution in [0, 0.1) is 5.92 Å². The van der Waals surface area contributed by atoms with Gasteiger partial charge in [0.2, 0.25) is 5.91 Å². The Hall–Kier alpha value is -2.30. The van der Waals surface area contributed by atoms with E-state index in [1.165, 1.54) is 7.11 Å². The number of aromatic amines is 1. The number of esters is 1. The first-order chi connectivity index (χ1) is 11.1. The van der Waals surface area contributed by atoms with E-state index >= 15 is 0 Å². The van der Waals surface area contributed by atoms with Crippen molar-refractivity contribution >= 4 is 22.8 Å². The Morgan fingerprint density at radius 3 is 2.74 bits per heavy atom. The molecule has 2 N–H and O–H groups in total. The normalized spacial score (nSPS) is 13.5. The van der Waals surface area contributed by atoms with Gasteiger partial charge in [0.25, 0.3) is 0 Å². The van der Waals surface area contributed by atoms with Crippen LogP contribution in [0.25, 0.3) is 10.9 Å². The standard InChI is InChI=1S/C18H24N2O3/c1-4-7-12(2)17(21)20-16(18(22)23-3)10-13-11-19-15-9-6-5-8-14(13)15/h5-6,8-9,11-12,16,19H,4,7,10H2,1-3H3,(H,20,21). The summed E-state index contributed by atoms with van der Waals surface area (Å²) >= 11 is 0. The van der Waals surface area contributed by atoms with Crippen molar-refractivity contribution in [1.29, 1.82) is 0 Å². The summed E-state index contributed by atoms with van der Waals surface area (Å²) in [5, 5.41) is 3.88. The maximum absolute atomic E-state index is 12.2. The Morgan fingerprint density at radius 2 is 2.04 bits per heavy atom. The highest BCUT2D eigenvalue weighted by molar-refractivity contribution is 5.87. The molecule has 5 nitrogen and oxygen atoms in total. The number of carbonyl (C=O) groups is 2. The first-order valence-electron chi connectivity index (χ1n) is 8.00. The topological polar surface area (TPSA) is 71.2 Å². The number of nitrogens with one attached hydrogen (secondary N) is 2. The van der Waals surface area contributed by atoms with Crippen molar-refractivity contribution in [3.8, 4) is 0 Å². The molecule has 0 fully saturated rings. The quantitative estimate of drug-likeness (QED) is 0.772. The molecule has 1 aromatic carbocycles. The Labute approximate surface area is 136 Å². The second kappa shape index (κ2) is 7.81. The predicted octanol–water partition coefficient (Wildman–Crippen LogP) is 2.80. The number of para-hydroxylation sites is 1. The minimum atomic E-state index is -0.675. The molecule has 0 aliphatic rings. The zero-order valence-electron chi connectivity index (χ0n) is 13.9. The molecule has 1 aromatic heterocycles.